The van der Waals surface area contributed by atoms with E-state index in [9.17, 15) is 19.2 Å². The van der Waals surface area contributed by atoms with Gasteiger partial charge in [0.25, 0.3) is 0 Å². The number of anilines is 5. The number of carbonyl (C=O) groups excluding carboxylic acids is 4. The summed E-state index contributed by atoms with van der Waals surface area (Å²) in [4.78, 5) is 58.2. The summed E-state index contributed by atoms with van der Waals surface area (Å²) in [7, 11) is 0. The second-order valence-electron chi connectivity index (χ2n) is 19.1. The molecule has 4 atom stereocenters. The summed E-state index contributed by atoms with van der Waals surface area (Å²) in [6.45, 7) is 18.3. The predicted molar refractivity (Wildman–Crippen MR) is 233 cm³/mol. The normalized spacial score (nSPS) is 21.1. The Kier molecular flexibility index (Phi) is 12.2. The molecule has 3 aromatic carbocycles. The van der Waals surface area contributed by atoms with E-state index in [-0.39, 0.29) is 29.3 Å². The van der Waals surface area contributed by atoms with Gasteiger partial charge in [-0.05, 0) is 139 Å². The standard InChI is InChI=1S/C46H63N7O6/c1-44(2,3)30-16-18-31(19-17-30)53-36(28-14-20-34(32(47)26-28)49-40(54)38-12-10-24-51(38)42(56)58-45(4,5)6)22-23-37(53)29-15-21-35(33(48)27-29)50-41(55)39-13-11-25-52(39)43(57)59-46(7,8)9/h14-21,26-27,36-39H,10-13,22-25,47-48H2,1-9H3,(H,49,54)(H,50,55)/t36?,37?,38-,39?/m0/s1. The van der Waals surface area contributed by atoms with Gasteiger partial charge < -0.3 is 36.5 Å². The number of amides is 4. The van der Waals surface area contributed by atoms with E-state index in [1.54, 1.807) is 0 Å². The molecule has 0 aromatic heterocycles. The Morgan fingerprint density at radius 1 is 0.593 bits per heavy atom. The smallest absolute Gasteiger partial charge is 0.410 e. The SMILES string of the molecule is CC(C)(C)OC(=O)N1CCCC1C(=O)Nc1ccc(C2CCC(c3ccc(NC(=O)[C@@H]4CCCN4C(=O)OC(C)(C)C)c(N)c3)N2c2ccc(C(C)(C)C)cc2)cc1N. The molecule has 4 amide bonds. The number of hydrogen-bond acceptors (Lipinski definition) is 9. The van der Waals surface area contributed by atoms with E-state index in [0.717, 1.165) is 29.7 Å². The van der Waals surface area contributed by atoms with Crippen molar-refractivity contribution in [1.29, 1.82) is 0 Å². The van der Waals surface area contributed by atoms with Crippen LogP contribution in [0.3, 0.4) is 0 Å². The average molecular weight is 810 g/mol. The summed E-state index contributed by atoms with van der Waals surface area (Å²) in [5, 5.41) is 5.96. The molecule has 6 rings (SSSR count). The Bertz CT molecular complexity index is 1930. The highest BCUT2D eigenvalue weighted by molar-refractivity contribution is 6.00. The Morgan fingerprint density at radius 2 is 1.00 bits per heavy atom. The summed E-state index contributed by atoms with van der Waals surface area (Å²) >= 11 is 0. The Balaban J connectivity index is 1.22. The number of nitrogen functional groups attached to an aromatic ring is 2. The van der Waals surface area contributed by atoms with Crippen LogP contribution in [0.2, 0.25) is 0 Å². The van der Waals surface area contributed by atoms with Gasteiger partial charge in [0.2, 0.25) is 11.8 Å². The predicted octanol–water partition coefficient (Wildman–Crippen LogP) is 8.91. The largest absolute Gasteiger partial charge is 0.444 e. The van der Waals surface area contributed by atoms with E-state index >= 15 is 0 Å². The number of nitrogens with zero attached hydrogens (tertiary/aromatic N) is 3. The van der Waals surface area contributed by atoms with Crippen molar-refractivity contribution in [3.63, 3.8) is 0 Å². The molecule has 13 heteroatoms. The summed E-state index contributed by atoms with van der Waals surface area (Å²) in [6, 6.07) is 18.8. The van der Waals surface area contributed by atoms with Crippen molar-refractivity contribution in [2.24, 2.45) is 0 Å². The third kappa shape index (κ3) is 10.1. The highest BCUT2D eigenvalue weighted by Gasteiger charge is 2.40. The molecule has 3 aliphatic rings. The number of carbonyl (C=O) groups is 4. The average Bonchev–Trinajstić information content (AvgIpc) is 3.92. The van der Waals surface area contributed by atoms with Gasteiger partial charge in [-0.1, -0.05) is 45.0 Å². The lowest BCUT2D eigenvalue weighted by atomic mass is 9.87. The molecule has 3 unspecified atom stereocenters. The number of nitrogens with one attached hydrogen (secondary N) is 2. The van der Waals surface area contributed by atoms with E-state index in [1.807, 2.05) is 77.9 Å². The molecule has 0 bridgehead atoms. The monoisotopic (exact) mass is 809 g/mol. The third-order valence-electron chi connectivity index (χ3n) is 11.2. The van der Waals surface area contributed by atoms with Gasteiger partial charge in [-0.15, -0.1) is 0 Å². The number of hydrogen-bond donors (Lipinski definition) is 4. The van der Waals surface area contributed by atoms with Crippen molar-refractivity contribution in [1.82, 2.24) is 9.80 Å². The van der Waals surface area contributed by atoms with Gasteiger partial charge in [0, 0.05) is 18.8 Å². The van der Waals surface area contributed by atoms with Gasteiger partial charge in [0.15, 0.2) is 0 Å². The lowest BCUT2D eigenvalue weighted by Crippen LogP contribution is -2.45. The third-order valence-corrected chi connectivity index (χ3v) is 11.2. The maximum atomic E-state index is 13.5. The number of nitrogens with two attached hydrogens (primary N) is 2. The van der Waals surface area contributed by atoms with Gasteiger partial charge in [-0.2, -0.15) is 0 Å². The first kappa shape index (κ1) is 43.1. The van der Waals surface area contributed by atoms with Crippen LogP contribution in [0.4, 0.5) is 38.0 Å². The van der Waals surface area contributed by atoms with Crippen LogP contribution in [-0.4, -0.2) is 70.2 Å². The van der Waals surface area contributed by atoms with Crippen molar-refractivity contribution in [3.8, 4) is 0 Å². The summed E-state index contributed by atoms with van der Waals surface area (Å²) in [5.41, 5.74) is 18.1. The Hall–Kier alpha value is -5.46. The fraction of sp³-hybridized carbons (Fsp3) is 0.522. The Labute approximate surface area is 349 Å². The second kappa shape index (κ2) is 16.7. The zero-order valence-electron chi connectivity index (χ0n) is 36.2. The molecular formula is C46H63N7O6. The molecule has 0 saturated carbocycles. The molecule has 13 nitrogen and oxygen atoms in total. The molecule has 6 N–H and O–H groups in total. The molecule has 0 aliphatic carbocycles. The minimum Gasteiger partial charge on any atom is -0.444 e. The zero-order valence-corrected chi connectivity index (χ0v) is 36.2. The summed E-state index contributed by atoms with van der Waals surface area (Å²) in [5.74, 6) is -0.592. The van der Waals surface area contributed by atoms with E-state index in [2.05, 4.69) is 60.6 Å². The molecule has 3 fully saturated rings. The van der Waals surface area contributed by atoms with Crippen LogP contribution < -0.4 is 27.0 Å². The second-order valence-corrected chi connectivity index (χ2v) is 19.1. The number of likely N-dealkylation sites (tertiary alicyclic amines) is 2. The highest BCUT2D eigenvalue weighted by Crippen LogP contribution is 2.48. The molecule has 0 radical (unpaired) electrons. The van der Waals surface area contributed by atoms with Crippen LogP contribution in [0, 0.1) is 0 Å². The fourth-order valence-corrected chi connectivity index (χ4v) is 8.35. The van der Waals surface area contributed by atoms with Gasteiger partial charge in [0.1, 0.15) is 23.3 Å². The first-order chi connectivity index (χ1) is 27.6. The van der Waals surface area contributed by atoms with Crippen LogP contribution in [0.15, 0.2) is 60.7 Å². The van der Waals surface area contributed by atoms with Crippen molar-refractivity contribution < 1.29 is 28.7 Å². The van der Waals surface area contributed by atoms with Gasteiger partial charge >= 0.3 is 12.2 Å². The van der Waals surface area contributed by atoms with Crippen molar-refractivity contribution in [2.45, 2.75) is 142 Å². The first-order valence-corrected chi connectivity index (χ1v) is 20.9. The summed E-state index contributed by atoms with van der Waals surface area (Å²) < 4.78 is 11.1. The van der Waals surface area contributed by atoms with Crippen LogP contribution in [0.5, 0.6) is 0 Å². The van der Waals surface area contributed by atoms with E-state index in [1.165, 1.54) is 15.4 Å². The van der Waals surface area contributed by atoms with Crippen LogP contribution in [0.25, 0.3) is 0 Å². The molecule has 3 aromatic rings. The quantitative estimate of drug-likeness (QED) is 0.170. The summed E-state index contributed by atoms with van der Waals surface area (Å²) in [6.07, 6.45) is 3.15. The highest BCUT2D eigenvalue weighted by atomic mass is 16.6. The maximum absolute atomic E-state index is 13.5. The number of ether oxygens (including phenoxy) is 2. The van der Waals surface area contributed by atoms with Crippen LogP contribution in [0.1, 0.15) is 130 Å². The lowest BCUT2D eigenvalue weighted by molar-refractivity contribution is -0.121. The number of benzene rings is 3. The molecule has 318 valence electrons. The lowest BCUT2D eigenvalue weighted by Gasteiger charge is -2.34. The van der Waals surface area contributed by atoms with Gasteiger partial charge in [-0.3, -0.25) is 19.4 Å². The van der Waals surface area contributed by atoms with Gasteiger partial charge in [0.05, 0.1) is 34.8 Å². The van der Waals surface area contributed by atoms with Crippen molar-refractivity contribution in [3.05, 3.63) is 77.4 Å². The topological polar surface area (TPSA) is 173 Å². The van der Waals surface area contributed by atoms with Crippen LogP contribution >= 0.6 is 0 Å². The fourth-order valence-electron chi connectivity index (χ4n) is 8.35. The van der Waals surface area contributed by atoms with Crippen molar-refractivity contribution in [2.75, 3.05) is 40.1 Å². The molecule has 3 aliphatic heterocycles. The minimum atomic E-state index is -0.667. The van der Waals surface area contributed by atoms with Gasteiger partial charge in [-0.25, -0.2) is 9.59 Å². The zero-order chi connectivity index (χ0) is 43.0. The Morgan fingerprint density at radius 3 is 1.36 bits per heavy atom. The molecular weight excluding hydrogens is 747 g/mol. The molecule has 3 saturated heterocycles. The van der Waals surface area contributed by atoms with E-state index in [0.29, 0.717) is 61.5 Å². The minimum absolute atomic E-state index is 0.0172. The first-order valence-electron chi connectivity index (χ1n) is 20.9. The number of rotatable bonds is 7. The van der Waals surface area contributed by atoms with Crippen molar-refractivity contribution >= 4 is 52.4 Å². The van der Waals surface area contributed by atoms with Crippen LogP contribution in [-0.2, 0) is 24.5 Å². The van der Waals surface area contributed by atoms with E-state index in [4.69, 9.17) is 20.9 Å². The molecule has 0 spiro atoms. The maximum Gasteiger partial charge on any atom is 0.410 e. The molecule has 3 heterocycles. The van der Waals surface area contributed by atoms with E-state index < -0.39 is 35.5 Å². The molecule has 59 heavy (non-hydrogen) atoms.